The third-order valence-corrected chi connectivity index (χ3v) is 4.45. The van der Waals surface area contributed by atoms with E-state index in [9.17, 15) is 0 Å². The van der Waals surface area contributed by atoms with Crippen LogP contribution in [0.2, 0.25) is 4.34 Å². The standard InChI is InChI=1S/C15H18ClNOS/c1-3-18-11-4-5-12(10(2)8-11)13(9-17)14-6-7-15(16)19-14/h4-8,13H,3,9,17H2,1-2H3. The fourth-order valence-electron chi connectivity index (χ4n) is 2.21. The number of nitrogens with two attached hydrogens (primary N) is 1. The molecule has 1 aromatic heterocycles. The van der Waals surface area contributed by atoms with Crippen molar-refractivity contribution in [3.8, 4) is 5.75 Å². The Balaban J connectivity index is 2.33. The second kappa shape index (κ2) is 6.42. The molecule has 0 aliphatic rings. The summed E-state index contributed by atoms with van der Waals surface area (Å²) in [6, 6.07) is 10.2. The van der Waals surface area contributed by atoms with Crippen molar-refractivity contribution in [3.63, 3.8) is 0 Å². The molecule has 0 aliphatic heterocycles. The van der Waals surface area contributed by atoms with Crippen molar-refractivity contribution in [1.29, 1.82) is 0 Å². The normalized spacial score (nSPS) is 12.4. The van der Waals surface area contributed by atoms with Crippen LogP contribution in [0.25, 0.3) is 0 Å². The Bertz CT molecular complexity index is 553. The van der Waals surface area contributed by atoms with Crippen molar-refractivity contribution in [2.24, 2.45) is 5.73 Å². The topological polar surface area (TPSA) is 35.2 Å². The summed E-state index contributed by atoms with van der Waals surface area (Å²) in [6.45, 7) is 5.33. The van der Waals surface area contributed by atoms with E-state index in [1.807, 2.05) is 19.1 Å². The van der Waals surface area contributed by atoms with Crippen molar-refractivity contribution in [1.82, 2.24) is 0 Å². The van der Waals surface area contributed by atoms with Gasteiger partial charge in [-0.1, -0.05) is 17.7 Å². The highest BCUT2D eigenvalue weighted by Crippen LogP contribution is 2.34. The Labute approximate surface area is 123 Å². The first-order chi connectivity index (χ1) is 9.15. The smallest absolute Gasteiger partial charge is 0.119 e. The SMILES string of the molecule is CCOc1ccc(C(CN)c2ccc(Cl)s2)c(C)c1. The zero-order valence-corrected chi connectivity index (χ0v) is 12.7. The monoisotopic (exact) mass is 295 g/mol. The van der Waals surface area contributed by atoms with E-state index in [4.69, 9.17) is 22.1 Å². The highest BCUT2D eigenvalue weighted by molar-refractivity contribution is 7.16. The molecule has 4 heteroatoms. The lowest BCUT2D eigenvalue weighted by atomic mass is 9.93. The van der Waals surface area contributed by atoms with Crippen molar-refractivity contribution in [3.05, 3.63) is 50.7 Å². The predicted octanol–water partition coefficient (Wildman–Crippen LogP) is 4.20. The molecule has 0 fully saturated rings. The van der Waals surface area contributed by atoms with E-state index < -0.39 is 0 Å². The molecule has 1 unspecified atom stereocenters. The maximum Gasteiger partial charge on any atom is 0.119 e. The van der Waals surface area contributed by atoms with Crippen molar-refractivity contribution >= 4 is 22.9 Å². The summed E-state index contributed by atoms with van der Waals surface area (Å²) in [4.78, 5) is 1.21. The van der Waals surface area contributed by atoms with Crippen molar-refractivity contribution in [2.45, 2.75) is 19.8 Å². The Morgan fingerprint density at radius 1 is 1.32 bits per heavy atom. The summed E-state index contributed by atoms with van der Waals surface area (Å²) < 4.78 is 6.32. The van der Waals surface area contributed by atoms with Crippen LogP contribution in [-0.2, 0) is 0 Å². The number of hydrogen-bond acceptors (Lipinski definition) is 3. The molecule has 2 nitrogen and oxygen atoms in total. The maximum absolute atomic E-state index is 6.01. The molecule has 0 bridgehead atoms. The Hall–Kier alpha value is -1.03. The fourth-order valence-corrected chi connectivity index (χ4v) is 3.40. The minimum atomic E-state index is 0.202. The molecule has 0 radical (unpaired) electrons. The van der Waals surface area contributed by atoms with E-state index in [1.165, 1.54) is 16.0 Å². The molecule has 19 heavy (non-hydrogen) atoms. The minimum Gasteiger partial charge on any atom is -0.494 e. The molecular formula is C15H18ClNOS. The zero-order valence-electron chi connectivity index (χ0n) is 11.2. The number of halogens is 1. The molecule has 2 rings (SSSR count). The van der Waals surface area contributed by atoms with E-state index in [1.54, 1.807) is 11.3 Å². The molecule has 0 spiro atoms. The lowest BCUT2D eigenvalue weighted by Crippen LogP contribution is -2.13. The third-order valence-electron chi connectivity index (χ3n) is 3.10. The Kier molecular flexibility index (Phi) is 4.86. The van der Waals surface area contributed by atoms with Crippen LogP contribution in [0.4, 0.5) is 0 Å². The number of ether oxygens (including phenoxy) is 1. The summed E-state index contributed by atoms with van der Waals surface area (Å²) in [5.74, 6) is 1.11. The van der Waals surface area contributed by atoms with Crippen LogP contribution in [-0.4, -0.2) is 13.2 Å². The third kappa shape index (κ3) is 3.30. The van der Waals surface area contributed by atoms with Crippen LogP contribution in [0.15, 0.2) is 30.3 Å². The molecule has 0 aliphatic carbocycles. The second-order valence-corrected chi connectivity index (χ2v) is 6.13. The lowest BCUT2D eigenvalue weighted by Gasteiger charge is -2.17. The Morgan fingerprint density at radius 2 is 2.11 bits per heavy atom. The number of benzene rings is 1. The van der Waals surface area contributed by atoms with Gasteiger partial charge in [0.2, 0.25) is 0 Å². The predicted molar refractivity (Wildman–Crippen MR) is 82.6 cm³/mol. The van der Waals surface area contributed by atoms with Crippen LogP contribution >= 0.6 is 22.9 Å². The van der Waals surface area contributed by atoms with Gasteiger partial charge in [0.05, 0.1) is 10.9 Å². The number of hydrogen-bond donors (Lipinski definition) is 1. The van der Waals surface area contributed by atoms with E-state index in [0.29, 0.717) is 13.2 Å². The highest BCUT2D eigenvalue weighted by atomic mass is 35.5. The molecule has 1 aromatic carbocycles. The van der Waals surface area contributed by atoms with E-state index in [2.05, 4.69) is 25.1 Å². The van der Waals surface area contributed by atoms with Crippen molar-refractivity contribution < 1.29 is 4.74 Å². The van der Waals surface area contributed by atoms with Crippen molar-refractivity contribution in [2.75, 3.05) is 13.2 Å². The van der Waals surface area contributed by atoms with E-state index in [-0.39, 0.29) is 5.92 Å². The van der Waals surface area contributed by atoms with Gasteiger partial charge in [0.1, 0.15) is 5.75 Å². The molecule has 0 amide bonds. The molecule has 1 heterocycles. The average Bonchev–Trinajstić information content (AvgIpc) is 2.80. The molecule has 0 saturated carbocycles. The summed E-state index contributed by atoms with van der Waals surface area (Å²) in [7, 11) is 0. The molecule has 102 valence electrons. The van der Waals surface area contributed by atoms with Gasteiger partial charge in [0.25, 0.3) is 0 Å². The molecule has 2 N–H and O–H groups in total. The van der Waals surface area contributed by atoms with Gasteiger partial charge in [-0.2, -0.15) is 0 Å². The fraction of sp³-hybridized carbons (Fsp3) is 0.333. The van der Waals surface area contributed by atoms with Crippen LogP contribution in [0.5, 0.6) is 5.75 Å². The summed E-state index contributed by atoms with van der Waals surface area (Å²) in [5.41, 5.74) is 8.38. The Morgan fingerprint density at radius 3 is 2.63 bits per heavy atom. The maximum atomic E-state index is 6.01. The first-order valence-corrected chi connectivity index (χ1v) is 7.53. The summed E-state index contributed by atoms with van der Waals surface area (Å²) in [5, 5.41) is 0. The van der Waals surface area contributed by atoms with Crippen LogP contribution < -0.4 is 10.5 Å². The van der Waals surface area contributed by atoms with Gasteiger partial charge in [-0.15, -0.1) is 11.3 Å². The largest absolute Gasteiger partial charge is 0.494 e. The molecule has 1 atom stereocenters. The first kappa shape index (κ1) is 14.4. The van der Waals surface area contributed by atoms with Gasteiger partial charge < -0.3 is 10.5 Å². The zero-order chi connectivity index (χ0) is 13.8. The van der Waals surface area contributed by atoms with Crippen LogP contribution in [0.3, 0.4) is 0 Å². The molecule has 2 aromatic rings. The van der Waals surface area contributed by atoms with Gasteiger partial charge in [0.15, 0.2) is 0 Å². The summed E-state index contributed by atoms with van der Waals surface area (Å²) in [6.07, 6.45) is 0. The quantitative estimate of drug-likeness (QED) is 0.897. The number of rotatable bonds is 5. The van der Waals surface area contributed by atoms with Crippen LogP contribution in [0.1, 0.15) is 28.8 Å². The first-order valence-electron chi connectivity index (χ1n) is 6.34. The van der Waals surface area contributed by atoms with Gasteiger partial charge in [-0.3, -0.25) is 0 Å². The lowest BCUT2D eigenvalue weighted by molar-refractivity contribution is 0.340. The highest BCUT2D eigenvalue weighted by Gasteiger charge is 2.17. The van der Waals surface area contributed by atoms with Gasteiger partial charge in [-0.25, -0.2) is 0 Å². The number of aryl methyl sites for hydroxylation is 1. The van der Waals surface area contributed by atoms with Gasteiger partial charge in [0, 0.05) is 17.3 Å². The van der Waals surface area contributed by atoms with Gasteiger partial charge >= 0.3 is 0 Å². The second-order valence-electron chi connectivity index (χ2n) is 4.38. The van der Waals surface area contributed by atoms with Gasteiger partial charge in [-0.05, 0) is 49.2 Å². The summed E-state index contributed by atoms with van der Waals surface area (Å²) >= 11 is 7.61. The molecular weight excluding hydrogens is 278 g/mol. The van der Waals surface area contributed by atoms with Crippen LogP contribution in [0, 0.1) is 6.92 Å². The van der Waals surface area contributed by atoms with E-state index in [0.717, 1.165) is 10.1 Å². The average molecular weight is 296 g/mol. The number of thiophene rings is 1. The van der Waals surface area contributed by atoms with E-state index >= 15 is 0 Å². The molecule has 0 saturated heterocycles. The minimum absolute atomic E-state index is 0.202.